The van der Waals surface area contributed by atoms with Crippen LogP contribution in [-0.4, -0.2) is 20.7 Å². The Kier molecular flexibility index (Phi) is 2.41. The molecule has 0 aromatic carbocycles. The number of carboxylic acid groups (broad SMARTS) is 1. The first-order valence-corrected chi connectivity index (χ1v) is 4.82. The Hall–Kier alpha value is -1.84. The van der Waals surface area contributed by atoms with Crippen LogP contribution in [0.2, 0.25) is 0 Å². The van der Waals surface area contributed by atoms with Crippen molar-refractivity contribution in [3.8, 4) is 0 Å². The van der Waals surface area contributed by atoms with Crippen LogP contribution in [0.5, 0.6) is 0 Å². The van der Waals surface area contributed by atoms with E-state index in [-0.39, 0.29) is 6.42 Å². The number of nitrogens with zero attached hydrogens (tertiary/aromatic N) is 2. The summed E-state index contributed by atoms with van der Waals surface area (Å²) in [5.74, 6) is -0.764. The molecule has 2 aromatic rings. The molecule has 0 aliphatic heterocycles. The third kappa shape index (κ3) is 2.15. The molecule has 0 unspecified atom stereocenters. The van der Waals surface area contributed by atoms with Gasteiger partial charge in [0.15, 0.2) is 0 Å². The standard InChI is InChI=1S/C11H12N2O2/c1-8-6-10-7-9(2-3-11(14)15)4-5-13(10)12-8/h4-7H,2-3H2,1H3,(H,14,15). The van der Waals surface area contributed by atoms with E-state index in [0.29, 0.717) is 6.42 Å². The first-order chi connectivity index (χ1) is 7.15. The Morgan fingerprint density at radius 1 is 1.53 bits per heavy atom. The molecular weight excluding hydrogens is 192 g/mol. The lowest BCUT2D eigenvalue weighted by molar-refractivity contribution is -0.136. The van der Waals surface area contributed by atoms with E-state index in [1.54, 1.807) is 4.52 Å². The third-order valence-electron chi connectivity index (χ3n) is 2.28. The minimum absolute atomic E-state index is 0.170. The van der Waals surface area contributed by atoms with E-state index in [1.807, 2.05) is 31.3 Å². The number of aryl methyl sites for hydroxylation is 2. The number of rotatable bonds is 3. The number of aliphatic carboxylic acids is 1. The maximum Gasteiger partial charge on any atom is 0.303 e. The number of aromatic nitrogens is 2. The van der Waals surface area contributed by atoms with E-state index in [0.717, 1.165) is 16.8 Å². The number of carboxylic acids is 1. The van der Waals surface area contributed by atoms with Gasteiger partial charge in [-0.1, -0.05) is 0 Å². The topological polar surface area (TPSA) is 54.6 Å². The van der Waals surface area contributed by atoms with E-state index in [9.17, 15) is 4.79 Å². The first-order valence-electron chi connectivity index (χ1n) is 4.82. The average Bonchev–Trinajstić information content (AvgIpc) is 2.53. The number of hydrogen-bond donors (Lipinski definition) is 1. The van der Waals surface area contributed by atoms with Gasteiger partial charge >= 0.3 is 5.97 Å². The number of fused-ring (bicyclic) bond motifs is 1. The van der Waals surface area contributed by atoms with Crippen LogP contribution in [0.15, 0.2) is 24.4 Å². The fraction of sp³-hybridized carbons (Fsp3) is 0.273. The summed E-state index contributed by atoms with van der Waals surface area (Å²) in [6.45, 7) is 1.93. The molecule has 2 rings (SSSR count). The molecule has 15 heavy (non-hydrogen) atoms. The molecule has 0 aliphatic rings. The molecule has 0 saturated carbocycles. The summed E-state index contributed by atoms with van der Waals surface area (Å²) in [5, 5.41) is 12.8. The monoisotopic (exact) mass is 204 g/mol. The Labute approximate surface area is 87.2 Å². The summed E-state index contributed by atoms with van der Waals surface area (Å²) in [5.41, 5.74) is 3.01. The lowest BCUT2D eigenvalue weighted by Crippen LogP contribution is -1.98. The Morgan fingerprint density at radius 3 is 3.07 bits per heavy atom. The van der Waals surface area contributed by atoms with Crippen molar-refractivity contribution in [3.05, 3.63) is 35.7 Å². The van der Waals surface area contributed by atoms with Crippen molar-refractivity contribution in [1.29, 1.82) is 0 Å². The smallest absolute Gasteiger partial charge is 0.303 e. The van der Waals surface area contributed by atoms with Gasteiger partial charge in [0.05, 0.1) is 11.2 Å². The Morgan fingerprint density at radius 2 is 2.33 bits per heavy atom. The zero-order valence-electron chi connectivity index (χ0n) is 8.47. The van der Waals surface area contributed by atoms with E-state index < -0.39 is 5.97 Å². The predicted molar refractivity (Wildman–Crippen MR) is 55.9 cm³/mol. The molecule has 0 saturated heterocycles. The first kappa shape index (κ1) is 9.71. The van der Waals surface area contributed by atoms with Crippen LogP contribution in [0.25, 0.3) is 5.52 Å². The second kappa shape index (κ2) is 3.73. The van der Waals surface area contributed by atoms with Crippen molar-refractivity contribution in [2.24, 2.45) is 0 Å². The molecule has 0 radical (unpaired) electrons. The van der Waals surface area contributed by atoms with Gasteiger partial charge in [0.1, 0.15) is 0 Å². The molecule has 0 aliphatic carbocycles. The van der Waals surface area contributed by atoms with Gasteiger partial charge in [0.25, 0.3) is 0 Å². The maximum absolute atomic E-state index is 10.4. The Balaban J connectivity index is 2.26. The van der Waals surface area contributed by atoms with Gasteiger partial charge in [-0.15, -0.1) is 0 Å². The highest BCUT2D eigenvalue weighted by Crippen LogP contribution is 2.10. The quantitative estimate of drug-likeness (QED) is 0.827. The van der Waals surface area contributed by atoms with Crippen molar-refractivity contribution in [2.75, 3.05) is 0 Å². The lowest BCUT2D eigenvalue weighted by Gasteiger charge is -1.99. The van der Waals surface area contributed by atoms with Crippen LogP contribution in [0.3, 0.4) is 0 Å². The molecule has 0 amide bonds. The summed E-state index contributed by atoms with van der Waals surface area (Å²) in [6.07, 6.45) is 2.60. The van der Waals surface area contributed by atoms with Crippen molar-refractivity contribution >= 4 is 11.5 Å². The summed E-state index contributed by atoms with van der Waals surface area (Å²) in [4.78, 5) is 10.4. The molecule has 0 spiro atoms. The Bertz CT molecular complexity index is 502. The van der Waals surface area contributed by atoms with E-state index in [1.165, 1.54) is 0 Å². The van der Waals surface area contributed by atoms with Gasteiger partial charge in [0, 0.05) is 12.6 Å². The fourth-order valence-electron chi connectivity index (χ4n) is 1.58. The van der Waals surface area contributed by atoms with Gasteiger partial charge in [-0.3, -0.25) is 4.79 Å². The highest BCUT2D eigenvalue weighted by atomic mass is 16.4. The summed E-state index contributed by atoms with van der Waals surface area (Å²) >= 11 is 0. The molecular formula is C11H12N2O2. The van der Waals surface area contributed by atoms with Crippen LogP contribution >= 0.6 is 0 Å². The molecule has 2 aromatic heterocycles. The van der Waals surface area contributed by atoms with Crippen LogP contribution in [0, 0.1) is 6.92 Å². The lowest BCUT2D eigenvalue weighted by atomic mass is 10.1. The van der Waals surface area contributed by atoms with Gasteiger partial charge in [-0.25, -0.2) is 4.52 Å². The van der Waals surface area contributed by atoms with Crippen molar-refractivity contribution in [2.45, 2.75) is 19.8 Å². The summed E-state index contributed by atoms with van der Waals surface area (Å²) < 4.78 is 1.79. The number of pyridine rings is 1. The molecule has 0 atom stereocenters. The largest absolute Gasteiger partial charge is 0.481 e. The zero-order chi connectivity index (χ0) is 10.8. The summed E-state index contributed by atoms with van der Waals surface area (Å²) in [6, 6.07) is 5.86. The third-order valence-corrected chi connectivity index (χ3v) is 2.28. The molecule has 4 nitrogen and oxygen atoms in total. The van der Waals surface area contributed by atoms with Crippen molar-refractivity contribution in [1.82, 2.24) is 9.61 Å². The van der Waals surface area contributed by atoms with Crippen LogP contribution in [0.4, 0.5) is 0 Å². The van der Waals surface area contributed by atoms with E-state index >= 15 is 0 Å². The fourth-order valence-corrected chi connectivity index (χ4v) is 1.58. The van der Waals surface area contributed by atoms with Gasteiger partial charge < -0.3 is 5.11 Å². The molecule has 0 bridgehead atoms. The van der Waals surface area contributed by atoms with E-state index in [2.05, 4.69) is 5.10 Å². The normalized spacial score (nSPS) is 10.7. The molecule has 0 fully saturated rings. The minimum atomic E-state index is -0.764. The van der Waals surface area contributed by atoms with Crippen LogP contribution in [0.1, 0.15) is 17.7 Å². The van der Waals surface area contributed by atoms with Gasteiger partial charge in [-0.2, -0.15) is 5.10 Å². The molecule has 2 heterocycles. The minimum Gasteiger partial charge on any atom is -0.481 e. The SMILES string of the molecule is Cc1cc2cc(CCC(=O)O)ccn2n1. The van der Waals surface area contributed by atoms with Crippen LogP contribution in [-0.2, 0) is 11.2 Å². The summed E-state index contributed by atoms with van der Waals surface area (Å²) in [7, 11) is 0. The highest BCUT2D eigenvalue weighted by molar-refractivity contribution is 5.67. The van der Waals surface area contributed by atoms with Crippen molar-refractivity contribution < 1.29 is 9.90 Å². The zero-order valence-corrected chi connectivity index (χ0v) is 8.47. The van der Waals surface area contributed by atoms with Gasteiger partial charge in [0.2, 0.25) is 0 Å². The number of carbonyl (C=O) groups is 1. The van der Waals surface area contributed by atoms with Crippen molar-refractivity contribution in [3.63, 3.8) is 0 Å². The number of hydrogen-bond acceptors (Lipinski definition) is 2. The molecule has 1 N–H and O–H groups in total. The second-order valence-corrected chi connectivity index (χ2v) is 3.58. The van der Waals surface area contributed by atoms with E-state index in [4.69, 9.17) is 5.11 Å². The molecule has 4 heteroatoms. The predicted octanol–water partition coefficient (Wildman–Crippen LogP) is 1.66. The van der Waals surface area contributed by atoms with Gasteiger partial charge in [-0.05, 0) is 37.1 Å². The van der Waals surface area contributed by atoms with Crippen LogP contribution < -0.4 is 0 Å². The average molecular weight is 204 g/mol. The highest BCUT2D eigenvalue weighted by Gasteiger charge is 2.01. The molecule has 78 valence electrons. The second-order valence-electron chi connectivity index (χ2n) is 3.58. The maximum atomic E-state index is 10.4.